The number of carbonyl (C=O) groups excluding carboxylic acids is 1. The number of amides is 1. The molecule has 0 bridgehead atoms. The van der Waals surface area contributed by atoms with Crippen LogP contribution in [0.1, 0.15) is 54.4 Å². The average Bonchev–Trinajstić information content (AvgIpc) is 2.53. The van der Waals surface area contributed by atoms with Gasteiger partial charge in [0, 0.05) is 16.3 Å². The zero-order chi connectivity index (χ0) is 19.5. The lowest BCUT2D eigenvalue weighted by molar-refractivity contribution is 0.0636. The zero-order valence-corrected chi connectivity index (χ0v) is 17.1. The molecule has 0 aliphatic rings. The molecular formula is C19H33N3O2S. The summed E-state index contributed by atoms with van der Waals surface area (Å²) in [6.07, 6.45) is 1.71. The summed E-state index contributed by atoms with van der Waals surface area (Å²) < 4.78 is 5.09. The Morgan fingerprint density at radius 1 is 1.28 bits per heavy atom. The summed E-state index contributed by atoms with van der Waals surface area (Å²) in [4.78, 5) is 12.3. The van der Waals surface area contributed by atoms with E-state index in [1.165, 1.54) is 18.4 Å². The Labute approximate surface area is 156 Å². The number of rotatable bonds is 5. The molecule has 0 saturated heterocycles. The van der Waals surface area contributed by atoms with E-state index < -0.39 is 11.7 Å². The Hall–Kier alpha value is -1.66. The summed E-state index contributed by atoms with van der Waals surface area (Å²) >= 11 is 1.24. The fourth-order valence-electron chi connectivity index (χ4n) is 1.68. The number of allylic oxidation sites excluding steroid dienone is 2. The molecule has 1 rings (SSSR count). The minimum absolute atomic E-state index is 0.427. The number of carbonyl (C=O) groups is 1. The van der Waals surface area contributed by atoms with Crippen LogP contribution in [0.25, 0.3) is 0 Å². The SMILES string of the molecule is CC(C)(C)OC(=O)Nc1ccccc1.CCC(C)C/C(N)=C(\C)SN. The van der Waals surface area contributed by atoms with Gasteiger partial charge in [-0.1, -0.05) is 50.4 Å². The highest BCUT2D eigenvalue weighted by atomic mass is 32.2. The van der Waals surface area contributed by atoms with Crippen LogP contribution in [-0.4, -0.2) is 11.7 Å². The highest BCUT2D eigenvalue weighted by Gasteiger charge is 2.15. The van der Waals surface area contributed by atoms with E-state index in [0.29, 0.717) is 5.92 Å². The number of nitrogens with one attached hydrogen (secondary N) is 1. The summed E-state index contributed by atoms with van der Waals surface area (Å²) in [6, 6.07) is 9.22. The van der Waals surface area contributed by atoms with Gasteiger partial charge in [-0.3, -0.25) is 10.5 Å². The first-order valence-corrected chi connectivity index (χ1v) is 9.34. The van der Waals surface area contributed by atoms with Crippen molar-refractivity contribution in [3.63, 3.8) is 0 Å². The Bertz CT molecular complexity index is 539. The van der Waals surface area contributed by atoms with E-state index in [0.717, 1.165) is 22.7 Å². The normalized spacial score (nSPS) is 13.1. The first-order valence-electron chi connectivity index (χ1n) is 8.46. The van der Waals surface area contributed by atoms with Crippen molar-refractivity contribution in [2.24, 2.45) is 16.8 Å². The fourth-order valence-corrected chi connectivity index (χ4v) is 1.92. The second-order valence-corrected chi connectivity index (χ2v) is 7.76. The van der Waals surface area contributed by atoms with E-state index in [1.54, 1.807) is 0 Å². The van der Waals surface area contributed by atoms with Gasteiger partial charge in [-0.2, -0.15) is 0 Å². The van der Waals surface area contributed by atoms with Crippen LogP contribution in [0.3, 0.4) is 0 Å². The molecule has 0 heterocycles. The molecule has 0 aliphatic heterocycles. The monoisotopic (exact) mass is 367 g/mol. The molecule has 0 fully saturated rings. The van der Waals surface area contributed by atoms with Crippen molar-refractivity contribution in [3.8, 4) is 0 Å². The van der Waals surface area contributed by atoms with Crippen LogP contribution in [0.4, 0.5) is 10.5 Å². The minimum Gasteiger partial charge on any atom is -0.444 e. The van der Waals surface area contributed by atoms with E-state index in [9.17, 15) is 4.79 Å². The largest absolute Gasteiger partial charge is 0.444 e. The smallest absolute Gasteiger partial charge is 0.412 e. The summed E-state index contributed by atoms with van der Waals surface area (Å²) in [6.45, 7) is 11.8. The van der Waals surface area contributed by atoms with E-state index in [1.807, 2.05) is 58.0 Å². The molecule has 6 heteroatoms. The number of hydrogen-bond acceptors (Lipinski definition) is 5. The Kier molecular flexibility index (Phi) is 11.0. The van der Waals surface area contributed by atoms with Crippen LogP contribution in [0.5, 0.6) is 0 Å². The van der Waals surface area contributed by atoms with E-state index >= 15 is 0 Å². The molecule has 25 heavy (non-hydrogen) atoms. The van der Waals surface area contributed by atoms with Crippen molar-refractivity contribution in [2.75, 3.05) is 5.32 Å². The summed E-state index contributed by atoms with van der Waals surface area (Å²) in [5, 5.41) is 8.01. The Morgan fingerprint density at radius 2 is 1.84 bits per heavy atom. The van der Waals surface area contributed by atoms with Gasteiger partial charge in [0.1, 0.15) is 5.60 Å². The van der Waals surface area contributed by atoms with Crippen LogP contribution in [-0.2, 0) is 4.74 Å². The van der Waals surface area contributed by atoms with Gasteiger partial charge in [-0.05, 0) is 52.2 Å². The Morgan fingerprint density at radius 3 is 2.28 bits per heavy atom. The van der Waals surface area contributed by atoms with Crippen LogP contribution in [0, 0.1) is 5.92 Å². The maximum atomic E-state index is 11.3. The first-order chi connectivity index (χ1) is 11.6. The van der Waals surface area contributed by atoms with Gasteiger partial charge in [0.2, 0.25) is 0 Å². The number of hydrogen-bond donors (Lipinski definition) is 3. The van der Waals surface area contributed by atoms with Crippen LogP contribution < -0.4 is 16.2 Å². The third-order valence-electron chi connectivity index (χ3n) is 3.31. The zero-order valence-electron chi connectivity index (χ0n) is 16.3. The van der Waals surface area contributed by atoms with Crippen molar-refractivity contribution < 1.29 is 9.53 Å². The van der Waals surface area contributed by atoms with E-state index in [-0.39, 0.29) is 0 Å². The molecule has 1 aromatic rings. The number of para-hydroxylation sites is 1. The number of benzene rings is 1. The van der Waals surface area contributed by atoms with Crippen LogP contribution >= 0.6 is 11.9 Å². The maximum Gasteiger partial charge on any atom is 0.412 e. The predicted molar refractivity (Wildman–Crippen MR) is 109 cm³/mol. The molecular weight excluding hydrogens is 334 g/mol. The van der Waals surface area contributed by atoms with Crippen molar-refractivity contribution in [2.45, 2.75) is 60.0 Å². The van der Waals surface area contributed by atoms with Gasteiger partial charge in [0.05, 0.1) is 0 Å². The molecule has 0 radical (unpaired) electrons. The standard InChI is InChI=1S/C11H15NO2.C8H18N2S/c1-11(2,3)14-10(13)12-9-7-5-4-6-8-9;1-4-6(2)5-8(9)7(3)11-10/h4-8H,1-3H3,(H,12,13);6H,4-5,9-10H2,1-3H3/b;8-7-. The number of anilines is 1. The maximum absolute atomic E-state index is 11.3. The van der Waals surface area contributed by atoms with Gasteiger partial charge in [-0.15, -0.1) is 0 Å². The van der Waals surface area contributed by atoms with Gasteiger partial charge in [-0.25, -0.2) is 4.79 Å². The lowest BCUT2D eigenvalue weighted by Crippen LogP contribution is -2.27. The van der Waals surface area contributed by atoms with Gasteiger partial charge in [0.15, 0.2) is 0 Å². The van der Waals surface area contributed by atoms with Crippen molar-refractivity contribution in [1.29, 1.82) is 0 Å². The average molecular weight is 368 g/mol. The molecule has 1 unspecified atom stereocenters. The molecule has 5 N–H and O–H groups in total. The lowest BCUT2D eigenvalue weighted by Gasteiger charge is -2.19. The molecule has 5 nitrogen and oxygen atoms in total. The quantitative estimate of drug-likeness (QED) is 0.618. The van der Waals surface area contributed by atoms with Crippen LogP contribution in [0.2, 0.25) is 0 Å². The third kappa shape index (κ3) is 12.4. The number of ether oxygens (including phenoxy) is 1. The van der Waals surface area contributed by atoms with Gasteiger partial charge >= 0.3 is 6.09 Å². The molecule has 0 saturated carbocycles. The van der Waals surface area contributed by atoms with E-state index in [2.05, 4.69) is 19.2 Å². The molecule has 1 aromatic carbocycles. The number of nitrogens with two attached hydrogens (primary N) is 2. The molecule has 142 valence electrons. The third-order valence-corrected chi connectivity index (χ3v) is 3.93. The second-order valence-electron chi connectivity index (χ2n) is 6.91. The Balaban J connectivity index is 0.000000477. The molecule has 1 atom stereocenters. The summed E-state index contributed by atoms with van der Waals surface area (Å²) in [7, 11) is 0. The molecule has 0 aromatic heterocycles. The van der Waals surface area contributed by atoms with Crippen molar-refractivity contribution in [1.82, 2.24) is 0 Å². The molecule has 1 amide bonds. The molecule has 0 aliphatic carbocycles. The van der Waals surface area contributed by atoms with Gasteiger partial charge < -0.3 is 10.5 Å². The highest BCUT2D eigenvalue weighted by molar-refractivity contribution is 8.00. The highest BCUT2D eigenvalue weighted by Crippen LogP contribution is 2.17. The van der Waals surface area contributed by atoms with Gasteiger partial charge in [0.25, 0.3) is 0 Å². The summed E-state index contributed by atoms with van der Waals surface area (Å²) in [5.41, 5.74) is 7.00. The molecule has 0 spiro atoms. The summed E-state index contributed by atoms with van der Waals surface area (Å²) in [5.74, 6) is 0.664. The topological polar surface area (TPSA) is 90.4 Å². The first kappa shape index (κ1) is 23.3. The fraction of sp³-hybridized carbons (Fsp3) is 0.526. The minimum atomic E-state index is -0.459. The van der Waals surface area contributed by atoms with E-state index in [4.69, 9.17) is 15.6 Å². The predicted octanol–water partition coefficient (Wildman–Crippen LogP) is 5.25. The van der Waals surface area contributed by atoms with Crippen molar-refractivity contribution >= 4 is 23.7 Å². The van der Waals surface area contributed by atoms with Crippen LogP contribution in [0.15, 0.2) is 40.9 Å². The second kappa shape index (κ2) is 11.8. The lowest BCUT2D eigenvalue weighted by atomic mass is 10.0. The van der Waals surface area contributed by atoms with Crippen molar-refractivity contribution in [3.05, 3.63) is 40.9 Å².